The Morgan fingerprint density at radius 3 is 2.57 bits per heavy atom. The van der Waals surface area contributed by atoms with E-state index in [-0.39, 0.29) is 18.6 Å². The van der Waals surface area contributed by atoms with Gasteiger partial charge in [-0.15, -0.1) is 0 Å². The number of carbonyl (C=O) groups is 3. The SMILES string of the molecule is COc1ccc(CC(=O)/C=C/CN2CCOCC2)cc1Cc1ncc(Cl)c(Cc2ccccc2C(=O)C(=O)N(C)C)n1. The minimum absolute atomic E-state index is 0.0189. The van der Waals surface area contributed by atoms with Crippen LogP contribution in [0.15, 0.2) is 60.8 Å². The minimum Gasteiger partial charge on any atom is -0.496 e. The van der Waals surface area contributed by atoms with Crippen LogP contribution < -0.4 is 4.74 Å². The van der Waals surface area contributed by atoms with Crippen molar-refractivity contribution < 1.29 is 23.9 Å². The van der Waals surface area contributed by atoms with Crippen LogP contribution in [0.25, 0.3) is 0 Å². The van der Waals surface area contributed by atoms with Crippen molar-refractivity contribution >= 4 is 29.1 Å². The highest BCUT2D eigenvalue weighted by Gasteiger charge is 2.22. The second-order valence-electron chi connectivity index (χ2n) is 10.2. The summed E-state index contributed by atoms with van der Waals surface area (Å²) >= 11 is 6.46. The molecule has 2 aromatic carbocycles. The maximum Gasteiger partial charge on any atom is 0.294 e. The smallest absolute Gasteiger partial charge is 0.294 e. The van der Waals surface area contributed by atoms with Crippen molar-refractivity contribution in [2.24, 2.45) is 0 Å². The lowest BCUT2D eigenvalue weighted by atomic mass is 9.98. The predicted molar refractivity (Wildman–Crippen MR) is 160 cm³/mol. The first-order valence-corrected chi connectivity index (χ1v) is 14.1. The van der Waals surface area contributed by atoms with Crippen molar-refractivity contribution in [2.75, 3.05) is 54.1 Å². The maximum atomic E-state index is 12.8. The lowest BCUT2D eigenvalue weighted by molar-refractivity contribution is -0.124. The summed E-state index contributed by atoms with van der Waals surface area (Å²) in [5.41, 5.74) is 3.18. The molecule has 1 aromatic heterocycles. The summed E-state index contributed by atoms with van der Waals surface area (Å²) in [5, 5.41) is 0.357. The zero-order chi connectivity index (χ0) is 30.1. The van der Waals surface area contributed by atoms with Crippen LogP contribution in [-0.2, 0) is 33.6 Å². The Morgan fingerprint density at radius 2 is 1.83 bits per heavy atom. The molecular weight excluding hydrogens is 556 g/mol. The number of aromatic nitrogens is 2. The van der Waals surface area contributed by atoms with E-state index in [1.807, 2.05) is 24.3 Å². The van der Waals surface area contributed by atoms with Gasteiger partial charge >= 0.3 is 0 Å². The van der Waals surface area contributed by atoms with E-state index in [0.717, 1.165) is 44.0 Å². The van der Waals surface area contributed by atoms with E-state index in [1.165, 1.54) is 11.1 Å². The molecule has 0 N–H and O–H groups in total. The molecule has 10 heteroatoms. The first-order chi connectivity index (χ1) is 20.2. The summed E-state index contributed by atoms with van der Waals surface area (Å²) in [5.74, 6) is -0.00422. The average Bonchev–Trinajstić information content (AvgIpc) is 2.99. The first kappa shape index (κ1) is 31.0. The van der Waals surface area contributed by atoms with Gasteiger partial charge in [0.15, 0.2) is 5.78 Å². The van der Waals surface area contributed by atoms with Crippen LogP contribution in [0.5, 0.6) is 5.75 Å². The molecule has 1 aliphatic rings. The topological polar surface area (TPSA) is 102 Å². The quantitative estimate of drug-likeness (QED) is 0.179. The van der Waals surface area contributed by atoms with Crippen molar-refractivity contribution in [1.29, 1.82) is 0 Å². The molecule has 0 atom stereocenters. The number of Topliss-reactive ketones (excluding diaryl/α,β-unsaturated/α-hetero) is 1. The van der Waals surface area contributed by atoms with Gasteiger partial charge in [0, 0.05) is 70.3 Å². The van der Waals surface area contributed by atoms with Gasteiger partial charge in [0.1, 0.15) is 11.6 Å². The van der Waals surface area contributed by atoms with Gasteiger partial charge in [-0.3, -0.25) is 19.3 Å². The van der Waals surface area contributed by atoms with Crippen LogP contribution in [-0.4, -0.2) is 91.3 Å². The Balaban J connectivity index is 1.49. The number of rotatable bonds is 12. The van der Waals surface area contributed by atoms with Gasteiger partial charge in [-0.05, 0) is 23.3 Å². The van der Waals surface area contributed by atoms with Crippen LogP contribution in [0.2, 0.25) is 5.02 Å². The fourth-order valence-corrected chi connectivity index (χ4v) is 4.83. The van der Waals surface area contributed by atoms with Gasteiger partial charge in [-0.25, -0.2) is 9.97 Å². The molecule has 1 fully saturated rings. The normalized spacial score (nSPS) is 13.7. The van der Waals surface area contributed by atoms with Crippen LogP contribution >= 0.6 is 11.6 Å². The molecule has 0 spiro atoms. The van der Waals surface area contributed by atoms with Crippen molar-refractivity contribution in [3.63, 3.8) is 0 Å². The largest absolute Gasteiger partial charge is 0.496 e. The zero-order valence-electron chi connectivity index (χ0n) is 24.1. The summed E-state index contributed by atoms with van der Waals surface area (Å²) in [7, 11) is 4.67. The van der Waals surface area contributed by atoms with Crippen LogP contribution in [0, 0.1) is 0 Å². The highest BCUT2D eigenvalue weighted by atomic mass is 35.5. The van der Waals surface area contributed by atoms with E-state index in [9.17, 15) is 14.4 Å². The summed E-state index contributed by atoms with van der Waals surface area (Å²) < 4.78 is 10.9. The summed E-state index contributed by atoms with van der Waals surface area (Å²) in [6.45, 7) is 3.91. The number of halogens is 1. The average molecular weight is 591 g/mol. The lowest BCUT2D eigenvalue weighted by Crippen LogP contribution is -2.36. The summed E-state index contributed by atoms with van der Waals surface area (Å²) in [6, 6.07) is 12.6. The standard InChI is InChI=1S/C32H35ClN4O5/c1-36(2)32(40)31(39)26-9-5-4-7-23(26)19-28-27(33)21-34-30(35-28)20-24-17-22(10-11-29(24)41-3)18-25(38)8-6-12-37-13-15-42-16-14-37/h4-11,17,21H,12-16,18-20H2,1-3H3/b8-6+. The Bertz CT molecular complexity index is 1470. The van der Waals surface area contributed by atoms with E-state index in [2.05, 4.69) is 9.88 Å². The van der Waals surface area contributed by atoms with Gasteiger partial charge in [-0.1, -0.05) is 54.1 Å². The number of methoxy groups -OCH3 is 1. The molecule has 42 heavy (non-hydrogen) atoms. The van der Waals surface area contributed by atoms with Crippen LogP contribution in [0.3, 0.4) is 0 Å². The molecule has 1 aliphatic heterocycles. The monoisotopic (exact) mass is 590 g/mol. The van der Waals surface area contributed by atoms with Gasteiger partial charge in [0.25, 0.3) is 11.7 Å². The molecule has 4 rings (SSSR count). The summed E-state index contributed by atoms with van der Waals surface area (Å²) in [4.78, 5) is 50.4. The molecule has 9 nitrogen and oxygen atoms in total. The molecule has 0 unspecified atom stereocenters. The highest BCUT2D eigenvalue weighted by Crippen LogP contribution is 2.25. The van der Waals surface area contributed by atoms with E-state index in [4.69, 9.17) is 26.1 Å². The van der Waals surface area contributed by atoms with E-state index in [1.54, 1.807) is 51.5 Å². The Morgan fingerprint density at radius 1 is 1.07 bits per heavy atom. The van der Waals surface area contributed by atoms with Gasteiger partial charge < -0.3 is 14.4 Å². The number of ether oxygens (including phenoxy) is 2. The number of amides is 1. The van der Waals surface area contributed by atoms with Crippen LogP contribution in [0.1, 0.15) is 38.6 Å². The molecule has 1 amide bonds. The van der Waals surface area contributed by atoms with E-state index >= 15 is 0 Å². The second kappa shape index (κ2) is 14.8. The molecule has 3 aromatic rings. The minimum atomic E-state index is -0.602. The van der Waals surface area contributed by atoms with Gasteiger partial charge in [0.2, 0.25) is 0 Å². The molecule has 220 valence electrons. The number of likely N-dealkylation sites (N-methyl/N-ethyl adjacent to an activating group) is 1. The third-order valence-corrected chi connectivity index (χ3v) is 7.25. The number of benzene rings is 2. The Labute approximate surface area is 251 Å². The Hall–Kier alpha value is -3.92. The second-order valence-corrected chi connectivity index (χ2v) is 10.6. The molecule has 0 aliphatic carbocycles. The molecule has 1 saturated heterocycles. The molecule has 0 saturated carbocycles. The van der Waals surface area contributed by atoms with Crippen molar-refractivity contribution in [3.05, 3.63) is 99.6 Å². The van der Waals surface area contributed by atoms with Crippen molar-refractivity contribution in [2.45, 2.75) is 19.3 Å². The third-order valence-electron chi connectivity index (χ3n) is 6.93. The number of nitrogens with zero attached hydrogens (tertiary/aromatic N) is 4. The predicted octanol–water partition coefficient (Wildman–Crippen LogP) is 3.59. The number of morpholine rings is 1. The van der Waals surface area contributed by atoms with Crippen molar-refractivity contribution in [1.82, 2.24) is 19.8 Å². The number of hydrogen-bond acceptors (Lipinski definition) is 8. The van der Waals surface area contributed by atoms with Gasteiger partial charge in [0.05, 0.1) is 31.0 Å². The van der Waals surface area contributed by atoms with Crippen molar-refractivity contribution in [3.8, 4) is 5.75 Å². The first-order valence-electron chi connectivity index (χ1n) is 13.7. The number of allylic oxidation sites excluding steroid dienone is 1. The number of hydrogen-bond donors (Lipinski definition) is 0. The highest BCUT2D eigenvalue weighted by molar-refractivity contribution is 6.43. The maximum absolute atomic E-state index is 12.8. The molecular formula is C32H35ClN4O5. The number of ketones is 2. The summed E-state index contributed by atoms with van der Waals surface area (Å²) in [6.07, 6.45) is 5.95. The van der Waals surface area contributed by atoms with Gasteiger partial charge in [-0.2, -0.15) is 0 Å². The van der Waals surface area contributed by atoms with Crippen LogP contribution in [0.4, 0.5) is 0 Å². The van der Waals surface area contributed by atoms with E-state index < -0.39 is 11.7 Å². The molecule has 2 heterocycles. The fraction of sp³-hybridized carbons (Fsp3) is 0.344. The lowest BCUT2D eigenvalue weighted by Gasteiger charge is -2.25. The third kappa shape index (κ3) is 8.31. The zero-order valence-corrected chi connectivity index (χ0v) is 24.9. The Kier molecular flexibility index (Phi) is 10.9. The van der Waals surface area contributed by atoms with E-state index in [0.29, 0.717) is 39.8 Å². The molecule has 0 radical (unpaired) electrons. The fourth-order valence-electron chi connectivity index (χ4n) is 4.68. The molecule has 0 bridgehead atoms. The number of carbonyl (C=O) groups excluding carboxylic acids is 3.